The van der Waals surface area contributed by atoms with Crippen molar-refractivity contribution in [2.75, 3.05) is 31.5 Å². The molecule has 1 N–H and O–H groups in total. The van der Waals surface area contributed by atoms with E-state index in [2.05, 4.69) is 10.2 Å². The molecule has 1 atom stereocenters. The van der Waals surface area contributed by atoms with Gasteiger partial charge in [0.15, 0.2) is 0 Å². The number of amides is 2. The molecule has 1 aliphatic heterocycles. The van der Waals surface area contributed by atoms with Crippen molar-refractivity contribution < 1.29 is 18.4 Å². The van der Waals surface area contributed by atoms with Gasteiger partial charge in [0.25, 0.3) is 5.76 Å². The maximum absolute atomic E-state index is 12.4. The molecule has 142 valence electrons. The van der Waals surface area contributed by atoms with Gasteiger partial charge in [-0.2, -0.15) is 8.78 Å². The van der Waals surface area contributed by atoms with Crippen LogP contribution in [0.3, 0.4) is 0 Å². The van der Waals surface area contributed by atoms with Gasteiger partial charge in [0, 0.05) is 42.7 Å². The van der Waals surface area contributed by atoms with Gasteiger partial charge in [-0.05, 0) is 44.0 Å². The number of nitrogens with one attached hydrogen (secondary N) is 1. The number of thioether (sulfide) groups is 1. The van der Waals surface area contributed by atoms with E-state index in [4.69, 9.17) is 0 Å². The molecule has 1 saturated heterocycles. The fraction of sp³-hybridized carbons (Fsp3) is 0.556. The van der Waals surface area contributed by atoms with Gasteiger partial charge in [0.2, 0.25) is 11.8 Å². The van der Waals surface area contributed by atoms with Crippen LogP contribution < -0.4 is 5.32 Å². The summed E-state index contributed by atoms with van der Waals surface area (Å²) in [5.41, 5.74) is 0.586. The minimum absolute atomic E-state index is 0.138. The highest BCUT2D eigenvalue weighted by Crippen LogP contribution is 2.31. The summed E-state index contributed by atoms with van der Waals surface area (Å²) in [4.78, 5) is 29.0. The van der Waals surface area contributed by atoms with Gasteiger partial charge in [0.1, 0.15) is 0 Å². The fourth-order valence-corrected chi connectivity index (χ4v) is 3.55. The number of piperazine rings is 1. The lowest BCUT2D eigenvalue weighted by molar-refractivity contribution is -0.135. The summed E-state index contributed by atoms with van der Waals surface area (Å²) in [5.74, 6) is -2.11. The monoisotopic (exact) mass is 383 g/mol. The first-order valence-corrected chi connectivity index (χ1v) is 9.70. The van der Waals surface area contributed by atoms with Crippen molar-refractivity contribution in [3.63, 3.8) is 0 Å². The molecule has 3 rings (SSSR count). The Balaban J connectivity index is 1.47. The van der Waals surface area contributed by atoms with E-state index in [0.717, 1.165) is 12.8 Å². The van der Waals surface area contributed by atoms with Crippen molar-refractivity contribution in [1.82, 2.24) is 9.80 Å². The minimum Gasteiger partial charge on any atom is -0.340 e. The predicted molar refractivity (Wildman–Crippen MR) is 97.3 cm³/mol. The first-order valence-electron chi connectivity index (χ1n) is 8.82. The molecule has 2 aliphatic rings. The Kier molecular flexibility index (Phi) is 6.13. The molecule has 5 nitrogen and oxygen atoms in total. The molecule has 1 aromatic carbocycles. The Bertz CT molecular complexity index is 644. The van der Waals surface area contributed by atoms with Crippen LogP contribution in [0.4, 0.5) is 14.5 Å². The number of rotatable bonds is 6. The van der Waals surface area contributed by atoms with Crippen molar-refractivity contribution >= 4 is 29.3 Å². The highest BCUT2D eigenvalue weighted by molar-refractivity contribution is 7.99. The molecular weight excluding hydrogens is 360 g/mol. The third kappa shape index (κ3) is 4.94. The van der Waals surface area contributed by atoms with E-state index in [-0.39, 0.29) is 23.8 Å². The summed E-state index contributed by atoms with van der Waals surface area (Å²) in [7, 11) is 0. The normalized spacial score (nSPS) is 19.5. The molecule has 1 heterocycles. The van der Waals surface area contributed by atoms with E-state index in [1.54, 1.807) is 24.3 Å². The van der Waals surface area contributed by atoms with Gasteiger partial charge in [-0.3, -0.25) is 14.5 Å². The van der Waals surface area contributed by atoms with Crippen LogP contribution in [-0.2, 0) is 9.59 Å². The fourth-order valence-electron chi connectivity index (χ4n) is 3.05. The Morgan fingerprint density at radius 1 is 1.12 bits per heavy atom. The molecule has 2 fully saturated rings. The number of carbonyl (C=O) groups excluding carboxylic acids is 2. The van der Waals surface area contributed by atoms with Crippen molar-refractivity contribution in [3.8, 4) is 0 Å². The van der Waals surface area contributed by atoms with Crippen LogP contribution in [0.5, 0.6) is 0 Å². The Morgan fingerprint density at radius 3 is 2.27 bits per heavy atom. The summed E-state index contributed by atoms with van der Waals surface area (Å²) >= 11 is 0.477. The summed E-state index contributed by atoms with van der Waals surface area (Å²) < 4.78 is 24.7. The standard InChI is InChI=1S/C18H23F2N3O2S/c1-12(22-8-10-23(11-9-22)17(25)13-2-3-13)16(24)21-14-4-6-15(7-5-14)26-18(19)20/h4-7,12-13,18H,2-3,8-11H2,1H3,(H,21,24). The second-order valence-corrected chi connectivity index (χ2v) is 7.77. The van der Waals surface area contributed by atoms with Crippen LogP contribution in [0.1, 0.15) is 19.8 Å². The predicted octanol–water partition coefficient (Wildman–Crippen LogP) is 2.88. The van der Waals surface area contributed by atoms with Crippen molar-refractivity contribution in [1.29, 1.82) is 0 Å². The third-order valence-corrected chi connectivity index (χ3v) is 5.55. The van der Waals surface area contributed by atoms with E-state index in [1.807, 2.05) is 11.8 Å². The van der Waals surface area contributed by atoms with Gasteiger partial charge >= 0.3 is 0 Å². The van der Waals surface area contributed by atoms with E-state index in [0.29, 0.717) is 48.5 Å². The molecule has 1 aromatic rings. The number of anilines is 1. The van der Waals surface area contributed by atoms with Crippen molar-refractivity contribution in [3.05, 3.63) is 24.3 Å². The lowest BCUT2D eigenvalue weighted by atomic mass is 10.2. The molecule has 0 spiro atoms. The summed E-state index contributed by atoms with van der Waals surface area (Å²) in [5, 5.41) is 2.82. The Labute approximate surface area is 156 Å². The zero-order valence-corrected chi connectivity index (χ0v) is 15.5. The van der Waals surface area contributed by atoms with Crippen LogP contribution in [0.25, 0.3) is 0 Å². The van der Waals surface area contributed by atoms with Crippen molar-refractivity contribution in [2.45, 2.75) is 36.5 Å². The quantitative estimate of drug-likeness (QED) is 0.768. The average molecular weight is 383 g/mol. The number of hydrogen-bond donors (Lipinski definition) is 1. The average Bonchev–Trinajstić information content (AvgIpc) is 3.47. The molecule has 0 bridgehead atoms. The first kappa shape index (κ1) is 19.1. The lowest BCUT2D eigenvalue weighted by Crippen LogP contribution is -2.54. The Hall–Kier alpha value is -1.67. The zero-order valence-electron chi connectivity index (χ0n) is 14.7. The number of halogens is 2. The SMILES string of the molecule is CC(C(=O)Nc1ccc(SC(F)F)cc1)N1CCN(C(=O)C2CC2)CC1. The molecule has 0 aromatic heterocycles. The van der Waals surface area contributed by atoms with Gasteiger partial charge in [0.05, 0.1) is 6.04 Å². The number of hydrogen-bond acceptors (Lipinski definition) is 4. The van der Waals surface area contributed by atoms with E-state index >= 15 is 0 Å². The minimum atomic E-state index is -2.46. The molecule has 1 saturated carbocycles. The zero-order chi connectivity index (χ0) is 18.7. The molecular formula is C18H23F2N3O2S. The van der Waals surface area contributed by atoms with Gasteiger partial charge in [-0.25, -0.2) is 0 Å². The molecule has 2 amide bonds. The maximum atomic E-state index is 12.4. The van der Waals surface area contributed by atoms with E-state index in [1.165, 1.54) is 0 Å². The number of benzene rings is 1. The van der Waals surface area contributed by atoms with Gasteiger partial charge in [-0.1, -0.05) is 11.8 Å². The number of nitrogens with zero attached hydrogens (tertiary/aromatic N) is 2. The third-order valence-electron chi connectivity index (χ3n) is 4.83. The number of alkyl halides is 2. The van der Waals surface area contributed by atoms with Crippen molar-refractivity contribution in [2.24, 2.45) is 5.92 Å². The molecule has 26 heavy (non-hydrogen) atoms. The second kappa shape index (κ2) is 8.35. The highest BCUT2D eigenvalue weighted by atomic mass is 32.2. The molecule has 1 unspecified atom stereocenters. The van der Waals surface area contributed by atoms with Crippen LogP contribution in [0.15, 0.2) is 29.2 Å². The van der Waals surface area contributed by atoms with Crippen LogP contribution in [0, 0.1) is 5.92 Å². The summed E-state index contributed by atoms with van der Waals surface area (Å²) in [6.45, 7) is 4.52. The molecule has 1 aliphatic carbocycles. The Morgan fingerprint density at radius 2 is 1.73 bits per heavy atom. The summed E-state index contributed by atoms with van der Waals surface area (Å²) in [6.07, 6.45) is 2.01. The highest BCUT2D eigenvalue weighted by Gasteiger charge is 2.35. The maximum Gasteiger partial charge on any atom is 0.288 e. The topological polar surface area (TPSA) is 52.7 Å². The first-order chi connectivity index (χ1) is 12.4. The lowest BCUT2D eigenvalue weighted by Gasteiger charge is -2.37. The molecule has 0 radical (unpaired) electrons. The van der Waals surface area contributed by atoms with E-state index < -0.39 is 5.76 Å². The van der Waals surface area contributed by atoms with Crippen LogP contribution >= 0.6 is 11.8 Å². The largest absolute Gasteiger partial charge is 0.340 e. The van der Waals surface area contributed by atoms with Crippen LogP contribution in [0.2, 0.25) is 0 Å². The van der Waals surface area contributed by atoms with Gasteiger partial charge in [-0.15, -0.1) is 0 Å². The molecule has 8 heteroatoms. The van der Waals surface area contributed by atoms with Crippen LogP contribution in [-0.4, -0.2) is 59.6 Å². The number of carbonyl (C=O) groups is 2. The van der Waals surface area contributed by atoms with Gasteiger partial charge < -0.3 is 10.2 Å². The summed E-state index contributed by atoms with van der Waals surface area (Å²) in [6, 6.07) is 6.07. The second-order valence-electron chi connectivity index (χ2n) is 6.70. The van der Waals surface area contributed by atoms with E-state index in [9.17, 15) is 18.4 Å². The smallest absolute Gasteiger partial charge is 0.288 e.